The first-order valence-corrected chi connectivity index (χ1v) is 16.1. The molecule has 8 rings (SSSR count). The molecule has 0 saturated heterocycles. The van der Waals surface area contributed by atoms with Crippen LogP contribution >= 0.6 is 0 Å². The zero-order valence-corrected chi connectivity index (χ0v) is 22.5. The topological polar surface area (TPSA) is 68.3 Å². The molecular formula is C33H24O4S2. The smallest absolute Gasteiger partial charge is 0.200 e. The summed E-state index contributed by atoms with van der Waals surface area (Å²) in [7, 11) is -8.84. The second-order valence-electron chi connectivity index (χ2n) is 10.8. The summed E-state index contributed by atoms with van der Waals surface area (Å²) in [5.41, 5.74) is 1.71. The third kappa shape index (κ3) is 2.68. The molecule has 1 heterocycles. The van der Waals surface area contributed by atoms with E-state index < -0.39 is 35.6 Å². The van der Waals surface area contributed by atoms with Crippen LogP contribution in [0, 0.1) is 11.8 Å². The van der Waals surface area contributed by atoms with E-state index in [1.807, 2.05) is 103 Å². The highest BCUT2D eigenvalue weighted by atomic mass is 32.3. The van der Waals surface area contributed by atoms with Crippen molar-refractivity contribution < 1.29 is 16.8 Å². The van der Waals surface area contributed by atoms with Crippen LogP contribution in [0.2, 0.25) is 0 Å². The quantitative estimate of drug-likeness (QED) is 0.214. The summed E-state index contributed by atoms with van der Waals surface area (Å²) in [6.45, 7) is 0. The number of allylic oxidation sites excluding steroid dienone is 2. The molecule has 3 aliphatic rings. The highest BCUT2D eigenvalue weighted by Gasteiger charge is 2.72. The Balaban J connectivity index is 1.63. The first-order chi connectivity index (χ1) is 18.9. The Morgan fingerprint density at radius 2 is 1.08 bits per heavy atom. The predicted molar refractivity (Wildman–Crippen MR) is 154 cm³/mol. The van der Waals surface area contributed by atoms with E-state index >= 15 is 16.8 Å². The summed E-state index contributed by atoms with van der Waals surface area (Å²) in [5.74, 6) is -1.56. The highest BCUT2D eigenvalue weighted by Crippen LogP contribution is 2.66. The van der Waals surface area contributed by atoms with Gasteiger partial charge < -0.3 is 0 Å². The van der Waals surface area contributed by atoms with Gasteiger partial charge >= 0.3 is 0 Å². The lowest BCUT2D eigenvalue weighted by Gasteiger charge is -2.40. The van der Waals surface area contributed by atoms with Crippen LogP contribution in [-0.2, 0) is 19.7 Å². The molecular weight excluding hydrogens is 524 g/mol. The number of benzene rings is 5. The molecule has 4 nitrogen and oxygen atoms in total. The maximum Gasteiger partial charge on any atom is 0.200 e. The van der Waals surface area contributed by atoms with Crippen molar-refractivity contribution in [2.45, 2.75) is 26.2 Å². The Kier molecular flexibility index (Phi) is 4.56. The molecule has 5 aromatic carbocycles. The van der Waals surface area contributed by atoms with Gasteiger partial charge in [0.2, 0.25) is 19.7 Å². The van der Waals surface area contributed by atoms with E-state index in [-0.39, 0.29) is 15.7 Å². The van der Waals surface area contributed by atoms with Gasteiger partial charge in [-0.25, -0.2) is 16.8 Å². The van der Waals surface area contributed by atoms with Crippen molar-refractivity contribution in [1.82, 2.24) is 0 Å². The van der Waals surface area contributed by atoms with Gasteiger partial charge in [-0.2, -0.15) is 0 Å². The van der Waals surface area contributed by atoms with E-state index in [0.29, 0.717) is 17.5 Å². The Morgan fingerprint density at radius 1 is 0.564 bits per heavy atom. The Morgan fingerprint density at radius 3 is 1.64 bits per heavy atom. The Labute approximate surface area is 227 Å². The van der Waals surface area contributed by atoms with Crippen LogP contribution in [0.4, 0.5) is 0 Å². The Hall–Kier alpha value is -3.74. The second-order valence-corrected chi connectivity index (χ2v) is 15.3. The lowest BCUT2D eigenvalue weighted by molar-refractivity contribution is 0.476. The van der Waals surface area contributed by atoms with Crippen molar-refractivity contribution >= 4 is 41.2 Å². The van der Waals surface area contributed by atoms with Crippen LogP contribution < -0.4 is 0 Å². The van der Waals surface area contributed by atoms with Crippen molar-refractivity contribution in [3.8, 4) is 11.1 Å². The number of rotatable bonds is 1. The minimum atomic E-state index is -4.42. The summed E-state index contributed by atoms with van der Waals surface area (Å²) in [4.78, 5) is 0.198. The van der Waals surface area contributed by atoms with Crippen molar-refractivity contribution in [3.05, 3.63) is 121 Å². The van der Waals surface area contributed by atoms with E-state index in [1.54, 1.807) is 12.1 Å². The summed E-state index contributed by atoms with van der Waals surface area (Å²) in [6, 6.07) is 31.5. The van der Waals surface area contributed by atoms with Gasteiger partial charge in [0.15, 0.2) is 4.08 Å². The second kappa shape index (κ2) is 7.68. The average Bonchev–Trinajstić information content (AvgIpc) is 3.56. The fourth-order valence-electron chi connectivity index (χ4n) is 7.63. The molecule has 0 unspecified atom stereocenters. The molecule has 1 spiro atoms. The van der Waals surface area contributed by atoms with Crippen LogP contribution in [0.3, 0.4) is 0 Å². The fourth-order valence-corrected chi connectivity index (χ4v) is 13.9. The van der Waals surface area contributed by atoms with Gasteiger partial charge in [0.05, 0.1) is 9.79 Å². The zero-order valence-electron chi connectivity index (χ0n) is 20.9. The van der Waals surface area contributed by atoms with E-state index in [0.717, 1.165) is 27.1 Å². The first-order valence-electron chi connectivity index (χ1n) is 13.1. The Bertz CT molecular complexity index is 1980. The number of sulfone groups is 2. The first kappa shape index (κ1) is 23.2. The van der Waals surface area contributed by atoms with Crippen molar-refractivity contribution in [2.24, 2.45) is 11.8 Å². The van der Waals surface area contributed by atoms with Gasteiger partial charge in [-0.05, 0) is 51.6 Å². The lowest BCUT2D eigenvalue weighted by Crippen LogP contribution is -2.53. The predicted octanol–water partition coefficient (Wildman–Crippen LogP) is 6.91. The molecule has 0 amide bonds. The van der Waals surface area contributed by atoms with E-state index in [4.69, 9.17) is 0 Å². The molecule has 5 aromatic rings. The van der Waals surface area contributed by atoms with Crippen LogP contribution in [-0.4, -0.2) is 20.9 Å². The largest absolute Gasteiger partial charge is 0.222 e. The van der Waals surface area contributed by atoms with Gasteiger partial charge in [-0.1, -0.05) is 103 Å². The molecule has 1 saturated carbocycles. The molecule has 192 valence electrons. The summed E-state index contributed by atoms with van der Waals surface area (Å²) >= 11 is 0. The SMILES string of the molecule is O=S1(=O)c2ccc3ccccc3c2-c2c(ccc3ccccc23)S(=O)(=O)C12[C@@H]1C=C[C@@H](C1)[C@H]2c1ccccc1. The minimum Gasteiger partial charge on any atom is -0.222 e. The minimum absolute atomic E-state index is 0.0989. The fraction of sp³-hybridized carbons (Fsp3) is 0.152. The van der Waals surface area contributed by atoms with Gasteiger partial charge in [-0.15, -0.1) is 0 Å². The van der Waals surface area contributed by atoms with Crippen LogP contribution in [0.1, 0.15) is 17.9 Å². The highest BCUT2D eigenvalue weighted by molar-refractivity contribution is 8.10. The molecule has 0 aromatic heterocycles. The average molecular weight is 549 g/mol. The van der Waals surface area contributed by atoms with Gasteiger partial charge in [0.1, 0.15) is 0 Å². The lowest BCUT2D eigenvalue weighted by atomic mass is 9.86. The zero-order chi connectivity index (χ0) is 26.6. The van der Waals surface area contributed by atoms with Crippen molar-refractivity contribution in [1.29, 1.82) is 0 Å². The molecule has 2 bridgehead atoms. The summed E-state index contributed by atoms with van der Waals surface area (Å²) in [5, 5.41) is 3.20. The monoisotopic (exact) mass is 548 g/mol. The van der Waals surface area contributed by atoms with E-state index in [1.165, 1.54) is 0 Å². The van der Waals surface area contributed by atoms with Crippen LogP contribution in [0.15, 0.2) is 125 Å². The van der Waals surface area contributed by atoms with Gasteiger partial charge in [-0.3, -0.25) is 0 Å². The van der Waals surface area contributed by atoms with Crippen molar-refractivity contribution in [3.63, 3.8) is 0 Å². The summed E-state index contributed by atoms with van der Waals surface area (Å²) in [6.07, 6.45) is 4.35. The van der Waals surface area contributed by atoms with Crippen LogP contribution in [0.5, 0.6) is 0 Å². The normalized spacial score (nSPS) is 25.0. The molecule has 1 fully saturated rings. The molecule has 0 N–H and O–H groups in total. The summed E-state index contributed by atoms with van der Waals surface area (Å²) < 4.78 is 59.0. The maximum atomic E-state index is 15.3. The molecule has 6 heteroatoms. The van der Waals surface area contributed by atoms with Crippen LogP contribution in [0.25, 0.3) is 32.7 Å². The van der Waals surface area contributed by atoms with E-state index in [2.05, 4.69) is 0 Å². The van der Waals surface area contributed by atoms with Gasteiger partial charge in [0, 0.05) is 23.0 Å². The molecule has 2 aliphatic carbocycles. The van der Waals surface area contributed by atoms with E-state index in [9.17, 15) is 0 Å². The number of hydrogen-bond acceptors (Lipinski definition) is 4. The molecule has 0 radical (unpaired) electrons. The number of fused-ring (bicyclic) bond motifs is 10. The maximum absolute atomic E-state index is 15.3. The van der Waals surface area contributed by atoms with Crippen molar-refractivity contribution in [2.75, 3.05) is 0 Å². The molecule has 3 atom stereocenters. The van der Waals surface area contributed by atoms with Gasteiger partial charge in [0.25, 0.3) is 0 Å². The third-order valence-corrected chi connectivity index (χ3v) is 15.1. The number of hydrogen-bond donors (Lipinski definition) is 0. The third-order valence-electron chi connectivity index (χ3n) is 9.10. The molecule has 1 aliphatic heterocycles. The standard InChI is InChI=1S/C33H24O4S2/c34-38(35)28-18-15-21-8-4-6-12-26(21)30(28)31-27-13-7-5-9-22(27)16-19-29(31)39(36,37)33(38)25-17-14-24(20-25)32(33)23-10-2-1-3-11-23/h1-19,24-25,32H,20H2/t24-,25+,32+/m0/s1. The molecule has 39 heavy (non-hydrogen) atoms.